The van der Waals surface area contributed by atoms with E-state index in [1.54, 1.807) is 18.2 Å². The fourth-order valence-electron chi connectivity index (χ4n) is 1.18. The number of hydrogen-bond acceptors (Lipinski definition) is 1. The molecule has 1 aromatic rings. The molecule has 1 aromatic carbocycles. The van der Waals surface area contributed by atoms with Gasteiger partial charge in [0.2, 0.25) is 0 Å². The van der Waals surface area contributed by atoms with Crippen LogP contribution in [0.5, 0.6) is 0 Å². The number of benzene rings is 1. The summed E-state index contributed by atoms with van der Waals surface area (Å²) in [4.78, 5) is 4.23. The number of nitrogens with zero attached hydrogens (tertiary/aromatic N) is 1. The molecule has 0 aliphatic heterocycles. The van der Waals surface area contributed by atoms with Crippen molar-refractivity contribution < 1.29 is 0 Å². The van der Waals surface area contributed by atoms with Crippen LogP contribution < -0.4 is 11.1 Å². The number of aliphatic imine (C=N–C) groups is 1. The number of hydrogen-bond donors (Lipinski definition) is 2. The minimum Gasteiger partial charge on any atom is -0.370 e. The van der Waals surface area contributed by atoms with Gasteiger partial charge < -0.3 is 11.1 Å². The minimum atomic E-state index is 0.368. The van der Waals surface area contributed by atoms with Crippen LogP contribution in [-0.2, 0) is 0 Å². The average Bonchev–Trinajstić information content (AvgIpc) is 2.95. The van der Waals surface area contributed by atoms with Crippen molar-refractivity contribution in [2.24, 2.45) is 10.7 Å². The van der Waals surface area contributed by atoms with Crippen LogP contribution in [0.1, 0.15) is 12.8 Å². The highest BCUT2D eigenvalue weighted by atomic mass is 35.5. The van der Waals surface area contributed by atoms with Gasteiger partial charge in [0.25, 0.3) is 0 Å². The van der Waals surface area contributed by atoms with Crippen LogP contribution in [0.15, 0.2) is 23.2 Å². The van der Waals surface area contributed by atoms with E-state index in [4.69, 9.17) is 28.9 Å². The van der Waals surface area contributed by atoms with E-state index in [-0.39, 0.29) is 0 Å². The summed E-state index contributed by atoms with van der Waals surface area (Å²) in [5.41, 5.74) is 6.32. The van der Waals surface area contributed by atoms with E-state index in [0.717, 1.165) is 12.8 Å². The Kier molecular flexibility index (Phi) is 3.03. The Bertz CT molecular complexity index is 379. The van der Waals surface area contributed by atoms with Gasteiger partial charge in [0.05, 0.1) is 21.8 Å². The molecule has 5 heteroatoms. The smallest absolute Gasteiger partial charge is 0.193 e. The number of anilines is 1. The molecule has 80 valence electrons. The van der Waals surface area contributed by atoms with E-state index in [1.807, 2.05) is 0 Å². The Balaban J connectivity index is 2.15. The first-order valence-electron chi connectivity index (χ1n) is 4.71. The van der Waals surface area contributed by atoms with Gasteiger partial charge in [0, 0.05) is 0 Å². The second kappa shape index (κ2) is 4.29. The minimum absolute atomic E-state index is 0.368. The third-order valence-corrected chi connectivity index (χ3v) is 2.71. The molecule has 0 amide bonds. The molecular formula is C10H11Cl2N3. The first kappa shape index (κ1) is 10.6. The van der Waals surface area contributed by atoms with Crippen LogP contribution in [0.25, 0.3) is 0 Å². The number of para-hydroxylation sites is 1. The van der Waals surface area contributed by atoms with Crippen molar-refractivity contribution in [3.8, 4) is 0 Å². The molecule has 0 radical (unpaired) electrons. The summed E-state index contributed by atoms with van der Waals surface area (Å²) < 4.78 is 0. The molecule has 1 saturated carbocycles. The summed E-state index contributed by atoms with van der Waals surface area (Å²) in [7, 11) is 0. The lowest BCUT2D eigenvalue weighted by molar-refractivity contribution is 1.06. The summed E-state index contributed by atoms with van der Waals surface area (Å²) in [6.45, 7) is 0. The molecule has 0 aromatic heterocycles. The molecule has 0 bridgehead atoms. The second-order valence-corrected chi connectivity index (χ2v) is 4.28. The van der Waals surface area contributed by atoms with Gasteiger partial charge in [-0.3, -0.25) is 0 Å². The Hall–Kier alpha value is -0.930. The molecule has 0 saturated heterocycles. The standard InChI is InChI=1S/C10H11Cl2N3/c11-7-2-1-3-8(12)9(7)15-10(13)14-6-4-5-6/h1-3,6H,4-5H2,(H3,13,14,15). The first-order chi connectivity index (χ1) is 7.16. The molecule has 2 rings (SSSR count). The van der Waals surface area contributed by atoms with E-state index in [2.05, 4.69) is 10.3 Å². The first-order valence-corrected chi connectivity index (χ1v) is 5.46. The van der Waals surface area contributed by atoms with E-state index in [9.17, 15) is 0 Å². The van der Waals surface area contributed by atoms with Crippen molar-refractivity contribution in [2.75, 3.05) is 5.32 Å². The lowest BCUT2D eigenvalue weighted by Gasteiger charge is -2.09. The van der Waals surface area contributed by atoms with Gasteiger partial charge >= 0.3 is 0 Å². The van der Waals surface area contributed by atoms with Gasteiger partial charge in [-0.05, 0) is 25.0 Å². The van der Waals surface area contributed by atoms with Crippen LogP contribution in [-0.4, -0.2) is 12.0 Å². The highest BCUT2D eigenvalue weighted by molar-refractivity contribution is 6.39. The van der Waals surface area contributed by atoms with Crippen molar-refractivity contribution in [3.63, 3.8) is 0 Å². The number of nitrogens with one attached hydrogen (secondary N) is 1. The maximum absolute atomic E-state index is 5.97. The molecule has 1 aliphatic rings. The van der Waals surface area contributed by atoms with Crippen molar-refractivity contribution in [3.05, 3.63) is 28.2 Å². The Morgan fingerprint density at radius 3 is 2.47 bits per heavy atom. The van der Waals surface area contributed by atoms with Crippen molar-refractivity contribution in [1.82, 2.24) is 0 Å². The molecule has 1 fully saturated rings. The molecule has 0 heterocycles. The molecule has 0 atom stereocenters. The Labute approximate surface area is 98.3 Å². The second-order valence-electron chi connectivity index (χ2n) is 3.47. The number of rotatable bonds is 2. The van der Waals surface area contributed by atoms with E-state index < -0.39 is 0 Å². The lowest BCUT2D eigenvalue weighted by atomic mass is 10.3. The Morgan fingerprint density at radius 2 is 1.93 bits per heavy atom. The summed E-state index contributed by atoms with van der Waals surface area (Å²) in [5, 5.41) is 3.99. The predicted molar refractivity (Wildman–Crippen MR) is 64.7 cm³/mol. The molecular weight excluding hydrogens is 233 g/mol. The van der Waals surface area contributed by atoms with Crippen LogP contribution >= 0.6 is 23.2 Å². The van der Waals surface area contributed by atoms with Gasteiger partial charge in [-0.2, -0.15) is 0 Å². The molecule has 1 aliphatic carbocycles. The summed E-state index contributed by atoms with van der Waals surface area (Å²) in [5.74, 6) is 0.368. The third-order valence-electron chi connectivity index (χ3n) is 2.08. The normalized spacial score (nSPS) is 16.5. The SMILES string of the molecule is NC(=NC1CC1)Nc1c(Cl)cccc1Cl. The zero-order chi connectivity index (χ0) is 10.8. The summed E-state index contributed by atoms with van der Waals surface area (Å²) in [6.07, 6.45) is 2.22. The zero-order valence-corrected chi connectivity index (χ0v) is 9.52. The molecule has 0 unspecified atom stereocenters. The molecule has 15 heavy (non-hydrogen) atoms. The van der Waals surface area contributed by atoms with Crippen molar-refractivity contribution in [2.45, 2.75) is 18.9 Å². The number of nitrogens with two attached hydrogens (primary N) is 1. The van der Waals surface area contributed by atoms with Gasteiger partial charge in [-0.25, -0.2) is 4.99 Å². The van der Waals surface area contributed by atoms with Gasteiger partial charge in [0.1, 0.15) is 0 Å². The number of guanidine groups is 1. The van der Waals surface area contributed by atoms with Crippen LogP contribution in [0.3, 0.4) is 0 Å². The van der Waals surface area contributed by atoms with Gasteiger partial charge in [0.15, 0.2) is 5.96 Å². The van der Waals surface area contributed by atoms with E-state index >= 15 is 0 Å². The van der Waals surface area contributed by atoms with Crippen LogP contribution in [0.2, 0.25) is 10.0 Å². The van der Waals surface area contributed by atoms with Gasteiger partial charge in [-0.15, -0.1) is 0 Å². The largest absolute Gasteiger partial charge is 0.370 e. The maximum Gasteiger partial charge on any atom is 0.193 e. The summed E-state index contributed by atoms with van der Waals surface area (Å²) >= 11 is 11.9. The predicted octanol–water partition coefficient (Wildman–Crippen LogP) is 2.88. The highest BCUT2D eigenvalue weighted by Crippen LogP contribution is 2.30. The monoisotopic (exact) mass is 243 g/mol. The quantitative estimate of drug-likeness (QED) is 0.620. The van der Waals surface area contributed by atoms with E-state index in [0.29, 0.717) is 27.7 Å². The fourth-order valence-corrected chi connectivity index (χ4v) is 1.67. The highest BCUT2D eigenvalue weighted by Gasteiger charge is 2.20. The summed E-state index contributed by atoms with van der Waals surface area (Å²) in [6, 6.07) is 5.66. The lowest BCUT2D eigenvalue weighted by Crippen LogP contribution is -2.23. The van der Waals surface area contributed by atoms with Crippen LogP contribution in [0.4, 0.5) is 5.69 Å². The molecule has 3 nitrogen and oxygen atoms in total. The van der Waals surface area contributed by atoms with E-state index in [1.165, 1.54) is 0 Å². The van der Waals surface area contributed by atoms with Crippen LogP contribution in [0, 0.1) is 0 Å². The molecule has 0 spiro atoms. The molecule has 3 N–H and O–H groups in total. The average molecular weight is 244 g/mol. The maximum atomic E-state index is 5.97. The fraction of sp³-hybridized carbons (Fsp3) is 0.300. The zero-order valence-electron chi connectivity index (χ0n) is 8.00. The number of halogens is 2. The third kappa shape index (κ3) is 2.76. The van der Waals surface area contributed by atoms with Crippen molar-refractivity contribution >= 4 is 34.8 Å². The van der Waals surface area contributed by atoms with Crippen molar-refractivity contribution in [1.29, 1.82) is 0 Å². The topological polar surface area (TPSA) is 50.4 Å². The Morgan fingerprint density at radius 1 is 1.33 bits per heavy atom. The van der Waals surface area contributed by atoms with Gasteiger partial charge in [-0.1, -0.05) is 29.3 Å².